The lowest BCUT2D eigenvalue weighted by atomic mass is 9.95. The van der Waals surface area contributed by atoms with E-state index in [1.165, 1.54) is 30.6 Å². The Hall–Kier alpha value is -2.09. The van der Waals surface area contributed by atoms with Crippen LogP contribution in [0.4, 0.5) is 4.79 Å². The lowest BCUT2D eigenvalue weighted by Crippen LogP contribution is -2.52. The molecule has 2 heterocycles. The molecule has 2 fully saturated rings. The van der Waals surface area contributed by atoms with Crippen LogP contribution < -0.4 is 16.0 Å². The Morgan fingerprint density at radius 3 is 2.32 bits per heavy atom. The Kier molecular flexibility index (Phi) is 7.30. The fraction of sp³-hybridized carbons (Fsp3) is 0.650. The van der Waals surface area contributed by atoms with Crippen LogP contribution in [0, 0.1) is 6.92 Å². The van der Waals surface area contributed by atoms with Crippen molar-refractivity contribution in [3.8, 4) is 0 Å². The molecule has 2 aliphatic rings. The van der Waals surface area contributed by atoms with E-state index in [9.17, 15) is 14.4 Å². The lowest BCUT2D eigenvalue weighted by Gasteiger charge is -2.34. The van der Waals surface area contributed by atoms with Gasteiger partial charge in [0.15, 0.2) is 0 Å². The van der Waals surface area contributed by atoms with Crippen LogP contribution in [0.25, 0.3) is 0 Å². The highest BCUT2D eigenvalue weighted by atomic mass is 32.1. The van der Waals surface area contributed by atoms with E-state index in [0.717, 1.165) is 30.6 Å². The maximum atomic E-state index is 12.4. The van der Waals surface area contributed by atoms with E-state index in [2.05, 4.69) is 16.0 Å². The minimum atomic E-state index is -0.220. The number of rotatable bonds is 5. The van der Waals surface area contributed by atoms with Gasteiger partial charge < -0.3 is 20.9 Å². The van der Waals surface area contributed by atoms with Crippen molar-refractivity contribution >= 4 is 29.2 Å². The summed E-state index contributed by atoms with van der Waals surface area (Å²) in [6.45, 7) is 3.20. The molecule has 0 bridgehead atoms. The van der Waals surface area contributed by atoms with Crippen LogP contribution in [-0.2, 0) is 4.79 Å². The van der Waals surface area contributed by atoms with Gasteiger partial charge in [0, 0.05) is 30.1 Å². The lowest BCUT2D eigenvalue weighted by molar-refractivity contribution is -0.121. The third-order valence-electron chi connectivity index (χ3n) is 5.45. The Bertz CT molecular complexity index is 691. The maximum Gasteiger partial charge on any atom is 0.317 e. The Balaban J connectivity index is 1.33. The zero-order valence-electron chi connectivity index (χ0n) is 16.5. The maximum absolute atomic E-state index is 12.4. The van der Waals surface area contributed by atoms with Crippen molar-refractivity contribution in [2.24, 2.45) is 0 Å². The molecule has 1 aromatic rings. The average Bonchev–Trinajstić information content (AvgIpc) is 3.14. The standard InChI is InChI=1S/C20H30N4O3S/c1-14-7-8-17(28-14)19(26)21-13-18(25)22-16-9-11-24(12-10-16)20(27)23-15-5-3-2-4-6-15/h7-8,15-16H,2-6,9-13H2,1H3,(H,21,26)(H,22,25)(H,23,27). The molecule has 7 nitrogen and oxygen atoms in total. The smallest absolute Gasteiger partial charge is 0.317 e. The van der Waals surface area contributed by atoms with Gasteiger partial charge in [-0.05, 0) is 44.7 Å². The first-order chi connectivity index (χ1) is 13.5. The van der Waals surface area contributed by atoms with Crippen LogP contribution in [0.2, 0.25) is 0 Å². The van der Waals surface area contributed by atoms with E-state index in [1.54, 1.807) is 6.07 Å². The molecule has 28 heavy (non-hydrogen) atoms. The third kappa shape index (κ3) is 5.95. The van der Waals surface area contributed by atoms with E-state index < -0.39 is 0 Å². The van der Waals surface area contributed by atoms with Gasteiger partial charge in [0.2, 0.25) is 5.91 Å². The Morgan fingerprint density at radius 1 is 1.00 bits per heavy atom. The molecule has 4 amide bonds. The summed E-state index contributed by atoms with van der Waals surface area (Å²) in [6.07, 6.45) is 7.29. The fourth-order valence-corrected chi connectivity index (χ4v) is 4.61. The third-order valence-corrected chi connectivity index (χ3v) is 6.45. The number of nitrogens with zero attached hydrogens (tertiary/aromatic N) is 1. The zero-order chi connectivity index (χ0) is 19.9. The van der Waals surface area contributed by atoms with Gasteiger partial charge in [-0.3, -0.25) is 9.59 Å². The zero-order valence-corrected chi connectivity index (χ0v) is 17.3. The van der Waals surface area contributed by atoms with Crippen LogP contribution in [0.1, 0.15) is 59.5 Å². The number of hydrogen-bond donors (Lipinski definition) is 3. The molecule has 0 aromatic carbocycles. The molecule has 3 N–H and O–H groups in total. The van der Waals surface area contributed by atoms with Gasteiger partial charge in [-0.2, -0.15) is 0 Å². The first kappa shape index (κ1) is 20.6. The molecule has 1 aliphatic carbocycles. The van der Waals surface area contributed by atoms with Crippen molar-refractivity contribution in [1.29, 1.82) is 0 Å². The molecule has 0 spiro atoms. The predicted octanol–water partition coefficient (Wildman–Crippen LogP) is 2.41. The van der Waals surface area contributed by atoms with E-state index in [-0.39, 0.29) is 30.4 Å². The van der Waals surface area contributed by atoms with Crippen molar-refractivity contribution in [2.75, 3.05) is 19.6 Å². The van der Waals surface area contributed by atoms with Crippen LogP contribution in [-0.4, -0.2) is 54.5 Å². The van der Waals surface area contributed by atoms with Gasteiger partial charge in [-0.25, -0.2) is 4.79 Å². The molecule has 0 unspecified atom stereocenters. The normalized spacial score (nSPS) is 18.5. The fourth-order valence-electron chi connectivity index (χ4n) is 3.82. The second-order valence-electron chi connectivity index (χ2n) is 7.71. The summed E-state index contributed by atoms with van der Waals surface area (Å²) in [5.74, 6) is -0.408. The predicted molar refractivity (Wildman–Crippen MR) is 110 cm³/mol. The highest BCUT2D eigenvalue weighted by Crippen LogP contribution is 2.18. The van der Waals surface area contributed by atoms with Crippen LogP contribution >= 0.6 is 11.3 Å². The summed E-state index contributed by atoms with van der Waals surface area (Å²) in [5.41, 5.74) is 0. The quantitative estimate of drug-likeness (QED) is 0.701. The van der Waals surface area contributed by atoms with Gasteiger partial charge in [0.1, 0.15) is 0 Å². The summed E-state index contributed by atoms with van der Waals surface area (Å²) < 4.78 is 0. The van der Waals surface area contributed by atoms with Crippen molar-refractivity contribution in [1.82, 2.24) is 20.9 Å². The SMILES string of the molecule is Cc1ccc(C(=O)NCC(=O)NC2CCN(C(=O)NC3CCCCC3)CC2)s1. The molecule has 1 aromatic heterocycles. The highest BCUT2D eigenvalue weighted by molar-refractivity contribution is 7.13. The van der Waals surface area contributed by atoms with Crippen molar-refractivity contribution in [3.05, 3.63) is 21.9 Å². The number of hydrogen-bond acceptors (Lipinski definition) is 4. The first-order valence-corrected chi connectivity index (χ1v) is 11.0. The Morgan fingerprint density at radius 2 is 1.68 bits per heavy atom. The number of carbonyl (C=O) groups is 3. The van der Waals surface area contributed by atoms with Gasteiger partial charge in [0.05, 0.1) is 11.4 Å². The van der Waals surface area contributed by atoms with Crippen LogP contribution in [0.15, 0.2) is 12.1 Å². The number of carbonyl (C=O) groups excluding carboxylic acids is 3. The number of likely N-dealkylation sites (tertiary alicyclic amines) is 1. The number of amides is 4. The van der Waals surface area contributed by atoms with Gasteiger partial charge >= 0.3 is 6.03 Å². The number of thiophene rings is 1. The molecule has 1 aliphatic heterocycles. The highest BCUT2D eigenvalue weighted by Gasteiger charge is 2.25. The molecule has 1 saturated heterocycles. The minimum absolute atomic E-state index is 0.0233. The van der Waals surface area contributed by atoms with Crippen molar-refractivity contribution in [3.63, 3.8) is 0 Å². The number of nitrogens with one attached hydrogen (secondary N) is 3. The molecule has 0 atom stereocenters. The van der Waals surface area contributed by atoms with E-state index >= 15 is 0 Å². The van der Waals surface area contributed by atoms with E-state index in [4.69, 9.17) is 0 Å². The summed E-state index contributed by atoms with van der Waals surface area (Å²) in [5, 5.41) is 8.77. The van der Waals surface area contributed by atoms with Crippen LogP contribution in [0.5, 0.6) is 0 Å². The molecule has 154 valence electrons. The number of urea groups is 1. The largest absolute Gasteiger partial charge is 0.352 e. The molecular formula is C20H30N4O3S. The molecule has 0 radical (unpaired) electrons. The summed E-state index contributed by atoms with van der Waals surface area (Å²) in [4.78, 5) is 40.0. The molecule has 3 rings (SSSR count). The first-order valence-electron chi connectivity index (χ1n) is 10.2. The van der Waals surface area contributed by atoms with Gasteiger partial charge in [-0.15, -0.1) is 11.3 Å². The number of piperidine rings is 1. The van der Waals surface area contributed by atoms with E-state index in [1.807, 2.05) is 17.9 Å². The molecular weight excluding hydrogens is 376 g/mol. The Labute approximate surface area is 170 Å². The van der Waals surface area contributed by atoms with E-state index in [0.29, 0.717) is 24.0 Å². The average molecular weight is 407 g/mol. The second-order valence-corrected chi connectivity index (χ2v) is 8.99. The van der Waals surface area contributed by atoms with Crippen molar-refractivity contribution < 1.29 is 14.4 Å². The number of aryl methyl sites for hydroxylation is 1. The van der Waals surface area contributed by atoms with Crippen molar-refractivity contribution in [2.45, 2.75) is 64.0 Å². The summed E-state index contributed by atoms with van der Waals surface area (Å²) in [6, 6.07) is 4.04. The minimum Gasteiger partial charge on any atom is -0.352 e. The monoisotopic (exact) mass is 406 g/mol. The second kappa shape index (κ2) is 9.91. The van der Waals surface area contributed by atoms with Gasteiger partial charge in [0.25, 0.3) is 5.91 Å². The topological polar surface area (TPSA) is 90.5 Å². The van der Waals surface area contributed by atoms with Gasteiger partial charge in [-0.1, -0.05) is 19.3 Å². The summed E-state index contributed by atoms with van der Waals surface area (Å²) in [7, 11) is 0. The molecule has 8 heteroatoms. The molecule has 1 saturated carbocycles. The summed E-state index contributed by atoms with van der Waals surface area (Å²) >= 11 is 1.41. The van der Waals surface area contributed by atoms with Crippen LogP contribution in [0.3, 0.4) is 0 Å².